The monoisotopic (exact) mass is 403 g/mol. The van der Waals surface area contributed by atoms with E-state index in [0.717, 1.165) is 50.3 Å². The van der Waals surface area contributed by atoms with Crippen LogP contribution in [0.5, 0.6) is 0 Å². The number of aromatic nitrogens is 1. The molecule has 0 aliphatic heterocycles. The Morgan fingerprint density at radius 2 is 1.86 bits per heavy atom. The van der Waals surface area contributed by atoms with Crippen molar-refractivity contribution in [3.63, 3.8) is 0 Å². The molecule has 1 atom stereocenters. The van der Waals surface area contributed by atoms with Gasteiger partial charge in [-0.1, -0.05) is 6.07 Å². The highest BCUT2D eigenvalue weighted by Gasteiger charge is 2.27. The van der Waals surface area contributed by atoms with E-state index in [1.54, 1.807) is 0 Å². The van der Waals surface area contributed by atoms with E-state index in [9.17, 15) is 14.1 Å². The SMILES string of the molecule is CC(C)(O)c1ncc(S(N)(=O)=NC(=O)Cc2c3c(cc4c2CCC4)CCC3)o1. The van der Waals surface area contributed by atoms with Crippen LogP contribution in [0.3, 0.4) is 0 Å². The van der Waals surface area contributed by atoms with E-state index in [1.807, 2.05) is 0 Å². The van der Waals surface area contributed by atoms with Crippen molar-refractivity contribution in [3.05, 3.63) is 46.0 Å². The topological polar surface area (TPSA) is 119 Å². The van der Waals surface area contributed by atoms with Gasteiger partial charge in [0.1, 0.15) is 5.60 Å². The molecule has 0 fully saturated rings. The van der Waals surface area contributed by atoms with Crippen molar-refractivity contribution in [2.75, 3.05) is 0 Å². The van der Waals surface area contributed by atoms with Crippen molar-refractivity contribution >= 4 is 15.8 Å². The molecular formula is C20H25N3O4S. The number of hydrogen-bond acceptors (Lipinski definition) is 5. The van der Waals surface area contributed by atoms with Crippen LogP contribution in [0, 0.1) is 0 Å². The normalized spacial score (nSPS) is 17.9. The zero-order chi connectivity index (χ0) is 20.1. The van der Waals surface area contributed by atoms with Gasteiger partial charge in [0.2, 0.25) is 11.0 Å². The number of oxazole rings is 1. The van der Waals surface area contributed by atoms with Crippen LogP contribution in [0.1, 0.15) is 60.4 Å². The first-order valence-corrected chi connectivity index (χ1v) is 11.1. The fourth-order valence-electron chi connectivity index (χ4n) is 4.21. The van der Waals surface area contributed by atoms with Gasteiger partial charge in [-0.15, -0.1) is 4.36 Å². The maximum Gasteiger partial charge on any atom is 0.259 e. The Morgan fingerprint density at radius 1 is 1.25 bits per heavy atom. The molecule has 0 radical (unpaired) electrons. The van der Waals surface area contributed by atoms with Gasteiger partial charge < -0.3 is 9.52 Å². The summed E-state index contributed by atoms with van der Waals surface area (Å²) in [6.45, 7) is 2.97. The summed E-state index contributed by atoms with van der Waals surface area (Å²) >= 11 is 0. The van der Waals surface area contributed by atoms with Gasteiger partial charge in [-0.25, -0.2) is 14.3 Å². The molecule has 28 heavy (non-hydrogen) atoms. The third kappa shape index (κ3) is 3.52. The van der Waals surface area contributed by atoms with Crippen molar-refractivity contribution in [1.82, 2.24) is 4.98 Å². The van der Waals surface area contributed by atoms with Crippen molar-refractivity contribution in [2.45, 2.75) is 69.5 Å². The molecule has 0 saturated carbocycles. The lowest BCUT2D eigenvalue weighted by Gasteiger charge is -2.14. The highest BCUT2D eigenvalue weighted by atomic mass is 32.2. The van der Waals surface area contributed by atoms with Crippen LogP contribution in [0.25, 0.3) is 0 Å². The summed E-state index contributed by atoms with van der Waals surface area (Å²) in [7, 11) is -3.56. The number of aliphatic hydroxyl groups is 1. The third-order valence-corrected chi connectivity index (χ3v) is 6.70. The second-order valence-electron chi connectivity index (χ2n) is 8.11. The van der Waals surface area contributed by atoms with Crippen LogP contribution in [0.15, 0.2) is 26.1 Å². The molecule has 0 bridgehead atoms. The van der Waals surface area contributed by atoms with Crippen LogP contribution < -0.4 is 5.14 Å². The number of amides is 1. The minimum Gasteiger partial charge on any atom is -0.426 e. The Hall–Kier alpha value is -2.03. The third-order valence-electron chi connectivity index (χ3n) is 5.46. The molecule has 1 unspecified atom stereocenters. The van der Waals surface area contributed by atoms with Gasteiger partial charge in [0.05, 0.1) is 12.6 Å². The molecule has 0 spiro atoms. The first-order chi connectivity index (χ1) is 13.1. The second-order valence-corrected chi connectivity index (χ2v) is 9.83. The largest absolute Gasteiger partial charge is 0.426 e. The van der Waals surface area contributed by atoms with Gasteiger partial charge in [0, 0.05) is 0 Å². The Balaban J connectivity index is 1.65. The van der Waals surface area contributed by atoms with Crippen LogP contribution in [-0.4, -0.2) is 20.2 Å². The van der Waals surface area contributed by atoms with Gasteiger partial charge in [-0.2, -0.15) is 0 Å². The van der Waals surface area contributed by atoms with E-state index in [-0.39, 0.29) is 17.4 Å². The molecule has 2 aliphatic rings. The van der Waals surface area contributed by atoms with Gasteiger partial charge in [-0.05, 0) is 80.2 Å². The summed E-state index contributed by atoms with van der Waals surface area (Å²) in [5.41, 5.74) is 4.90. The smallest absolute Gasteiger partial charge is 0.259 e. The molecule has 150 valence electrons. The zero-order valence-electron chi connectivity index (χ0n) is 16.2. The van der Waals surface area contributed by atoms with Crippen molar-refractivity contribution in [2.24, 2.45) is 9.50 Å². The molecule has 1 heterocycles. The summed E-state index contributed by atoms with van der Waals surface area (Å²) in [6, 6.07) is 2.30. The molecule has 7 nitrogen and oxygen atoms in total. The number of nitrogens with two attached hydrogens (primary N) is 1. The Morgan fingerprint density at radius 3 is 2.39 bits per heavy atom. The van der Waals surface area contributed by atoms with Crippen LogP contribution in [-0.2, 0) is 52.4 Å². The minimum absolute atomic E-state index is 0.0259. The van der Waals surface area contributed by atoms with E-state index in [4.69, 9.17) is 9.56 Å². The number of rotatable bonds is 4. The first kappa shape index (κ1) is 19.3. The lowest BCUT2D eigenvalue weighted by molar-refractivity contribution is -0.117. The minimum atomic E-state index is -3.56. The van der Waals surface area contributed by atoms with E-state index >= 15 is 0 Å². The molecule has 1 aromatic heterocycles. The number of fused-ring (bicyclic) bond motifs is 2. The fraction of sp³-hybridized carbons (Fsp3) is 0.500. The van der Waals surface area contributed by atoms with Crippen LogP contribution in [0.2, 0.25) is 0 Å². The van der Waals surface area contributed by atoms with E-state index in [1.165, 1.54) is 36.1 Å². The number of carbonyl (C=O) groups is 1. The predicted molar refractivity (Wildman–Crippen MR) is 104 cm³/mol. The average Bonchev–Trinajstić information content (AvgIpc) is 3.33. The van der Waals surface area contributed by atoms with Gasteiger partial charge >= 0.3 is 0 Å². The number of benzene rings is 1. The molecule has 4 rings (SSSR count). The van der Waals surface area contributed by atoms with Crippen molar-refractivity contribution in [3.8, 4) is 0 Å². The molecule has 8 heteroatoms. The van der Waals surface area contributed by atoms with Gasteiger partial charge in [0.25, 0.3) is 5.91 Å². The van der Waals surface area contributed by atoms with Gasteiger partial charge in [-0.3, -0.25) is 4.79 Å². The predicted octanol–water partition coefficient (Wildman–Crippen LogP) is 2.35. The van der Waals surface area contributed by atoms with E-state index < -0.39 is 21.4 Å². The molecule has 1 amide bonds. The number of aryl methyl sites for hydroxylation is 2. The maximum absolute atomic E-state index is 12.8. The van der Waals surface area contributed by atoms with Crippen LogP contribution in [0.4, 0.5) is 0 Å². The fourth-order valence-corrected chi connectivity index (χ4v) is 5.06. The molecule has 3 N–H and O–H groups in total. The summed E-state index contributed by atoms with van der Waals surface area (Å²) in [5, 5.41) is 15.5. The van der Waals surface area contributed by atoms with E-state index in [2.05, 4.69) is 15.4 Å². The lowest BCUT2D eigenvalue weighted by atomic mass is 9.92. The summed E-state index contributed by atoms with van der Waals surface area (Å²) in [6.07, 6.45) is 7.50. The molecule has 2 aliphatic carbocycles. The first-order valence-electron chi connectivity index (χ1n) is 9.57. The standard InChI is InChI=1S/C20H25N3O4S/c1-20(2,25)19-22-11-18(27-19)28(21,26)23-17(24)10-16-14-7-3-5-12(14)9-13-6-4-8-15(13)16/h9,11,25H,3-8,10H2,1-2H3,(H2,21,23,24,26). The Kier molecular flexibility index (Phi) is 4.68. The molecule has 0 saturated heterocycles. The van der Waals surface area contributed by atoms with Crippen LogP contribution >= 0.6 is 0 Å². The number of nitrogens with zero attached hydrogens (tertiary/aromatic N) is 2. The number of carbonyl (C=O) groups excluding carboxylic acids is 1. The quantitative estimate of drug-likeness (QED) is 0.812. The molecule has 2 aromatic rings. The lowest BCUT2D eigenvalue weighted by Crippen LogP contribution is -2.17. The number of hydrogen-bond donors (Lipinski definition) is 2. The average molecular weight is 404 g/mol. The van der Waals surface area contributed by atoms with Crippen molar-refractivity contribution < 1.29 is 18.5 Å². The molecule has 1 aromatic carbocycles. The molecular weight excluding hydrogens is 378 g/mol. The summed E-state index contributed by atoms with van der Waals surface area (Å²) in [4.78, 5) is 16.6. The van der Waals surface area contributed by atoms with Gasteiger partial charge in [0.15, 0.2) is 9.92 Å². The Bertz CT molecular complexity index is 1040. The summed E-state index contributed by atoms with van der Waals surface area (Å²) in [5.74, 6) is -0.551. The highest BCUT2D eigenvalue weighted by Crippen LogP contribution is 2.35. The van der Waals surface area contributed by atoms with E-state index in [0.29, 0.717) is 0 Å². The second kappa shape index (κ2) is 6.79. The highest BCUT2D eigenvalue weighted by molar-refractivity contribution is 7.91. The zero-order valence-corrected chi connectivity index (χ0v) is 17.0. The summed E-state index contributed by atoms with van der Waals surface area (Å²) < 4.78 is 21.8. The maximum atomic E-state index is 12.8. The van der Waals surface area contributed by atoms with Crippen molar-refractivity contribution in [1.29, 1.82) is 0 Å². The Labute approximate surface area is 164 Å².